The number of ether oxygens (including phenoxy) is 12. The van der Waals surface area contributed by atoms with Crippen molar-refractivity contribution in [3.8, 4) is 34.8 Å². The van der Waals surface area contributed by atoms with Crippen LogP contribution in [0, 0.1) is 28.3 Å². The number of fused-ring (bicyclic) bond motifs is 3. The molecule has 36 heteroatoms. The molecule has 614 valence electrons. The molecule has 0 spiro atoms. The van der Waals surface area contributed by atoms with Crippen molar-refractivity contribution < 1.29 is 125 Å². The molecule has 32 nitrogen and oxygen atoms in total. The van der Waals surface area contributed by atoms with Crippen LogP contribution in [0.15, 0.2) is 64.4 Å². The number of thioether (sulfide) groups is 1. The Balaban J connectivity index is 0.830. The van der Waals surface area contributed by atoms with E-state index in [-0.39, 0.29) is 121 Å². The van der Waals surface area contributed by atoms with Gasteiger partial charge in [0.15, 0.2) is 35.5 Å². The third kappa shape index (κ3) is 20.3. The lowest BCUT2D eigenvalue weighted by Gasteiger charge is -2.43. The van der Waals surface area contributed by atoms with Gasteiger partial charge in [-0.1, -0.05) is 51.3 Å². The highest BCUT2D eigenvalue weighted by atomic mass is 127. The van der Waals surface area contributed by atoms with E-state index in [4.69, 9.17) is 66.5 Å². The molecular formula is C76H99IN6O26S3. The zero-order chi connectivity index (χ0) is 81.4. The van der Waals surface area contributed by atoms with Crippen molar-refractivity contribution >= 4 is 108 Å². The fourth-order valence-corrected chi connectivity index (χ4v) is 19.0. The first-order valence-corrected chi connectivity index (χ1v) is 41.1. The van der Waals surface area contributed by atoms with E-state index in [1.54, 1.807) is 81.2 Å². The van der Waals surface area contributed by atoms with Gasteiger partial charge in [-0.05, 0) is 138 Å². The maximum absolute atomic E-state index is 14.7. The molecule has 112 heavy (non-hydrogen) atoms. The number of aliphatic hydroxyl groups is 4. The Hall–Kier alpha value is -6.49. The molecule has 2 aromatic rings. The van der Waals surface area contributed by atoms with Gasteiger partial charge in [0.2, 0.25) is 29.0 Å². The van der Waals surface area contributed by atoms with Gasteiger partial charge in [0.05, 0.1) is 128 Å². The molecule has 6 heterocycles. The van der Waals surface area contributed by atoms with E-state index in [0.717, 1.165) is 18.9 Å². The monoisotopic (exact) mass is 1730 g/mol. The number of carbonyl (C=O) groups is 8. The summed E-state index contributed by atoms with van der Waals surface area (Å²) in [5.41, 5.74) is 2.39. The van der Waals surface area contributed by atoms with Gasteiger partial charge in [0.1, 0.15) is 30.2 Å². The third-order valence-electron chi connectivity index (χ3n) is 20.6. The minimum absolute atomic E-state index is 0.00126. The predicted octanol–water partition coefficient (Wildman–Crippen LogP) is 6.05. The summed E-state index contributed by atoms with van der Waals surface area (Å²) >= 11 is 2.86. The molecule has 2 bridgehead atoms. The molecule has 2 aliphatic carbocycles. The fourth-order valence-electron chi connectivity index (χ4n) is 14.9. The van der Waals surface area contributed by atoms with E-state index >= 15 is 0 Å². The third-order valence-corrected chi connectivity index (χ3v) is 26.4. The van der Waals surface area contributed by atoms with Gasteiger partial charge in [-0.2, -0.15) is 10.2 Å². The Bertz CT molecular complexity index is 4000. The summed E-state index contributed by atoms with van der Waals surface area (Å²) in [5.74, 6) is 3.03. The van der Waals surface area contributed by atoms with E-state index in [2.05, 4.69) is 27.7 Å². The van der Waals surface area contributed by atoms with Gasteiger partial charge >= 0.3 is 12.1 Å². The van der Waals surface area contributed by atoms with Gasteiger partial charge in [0.25, 0.3) is 11.8 Å². The van der Waals surface area contributed by atoms with E-state index in [9.17, 15) is 58.8 Å². The van der Waals surface area contributed by atoms with Crippen molar-refractivity contribution in [2.24, 2.45) is 11.0 Å². The summed E-state index contributed by atoms with van der Waals surface area (Å²) in [7, 11) is 9.58. The number of carbonyl (C=O) groups excluding carboxylic acids is 8. The van der Waals surface area contributed by atoms with Crippen LogP contribution < -0.4 is 29.7 Å². The number of Topliss-reactive ketones (excluding diaryl/α,β-unsaturated/α-hetero) is 1. The minimum atomic E-state index is -2.09. The number of hydrogen-bond donors (Lipinski definition) is 6. The van der Waals surface area contributed by atoms with Gasteiger partial charge < -0.3 is 87.0 Å². The summed E-state index contributed by atoms with van der Waals surface area (Å²) in [4.78, 5) is 118. The van der Waals surface area contributed by atoms with Crippen LogP contribution in [0.3, 0.4) is 0 Å². The Morgan fingerprint density at radius 2 is 1.60 bits per heavy atom. The second-order valence-electron chi connectivity index (χ2n) is 28.8. The van der Waals surface area contributed by atoms with Crippen LogP contribution in [0.1, 0.15) is 135 Å². The fraction of sp³-hybridized carbons (Fsp3) is 0.618. The van der Waals surface area contributed by atoms with E-state index in [1.165, 1.54) is 55.9 Å². The first kappa shape index (κ1) is 87.9. The average Bonchev–Trinajstić information content (AvgIpc) is 1.52. The van der Waals surface area contributed by atoms with Gasteiger partial charge in [-0.25, -0.2) is 15.0 Å². The highest BCUT2D eigenvalue weighted by Crippen LogP contribution is 2.52. The number of halogens is 1. The first-order valence-electron chi connectivity index (χ1n) is 36.9. The lowest BCUT2D eigenvalue weighted by atomic mass is 9.75. The van der Waals surface area contributed by atoms with E-state index in [1.807, 2.05) is 50.3 Å². The highest BCUT2D eigenvalue weighted by molar-refractivity contribution is 14.1. The lowest BCUT2D eigenvalue weighted by molar-refractivity contribution is -0.281. The number of benzene rings is 2. The molecule has 6 N–H and O–H groups in total. The number of methoxy groups -OCH3 is 5. The van der Waals surface area contributed by atoms with Gasteiger partial charge in [-0.15, -0.1) is 5.06 Å². The number of nitrogens with one attached hydrogen (secondary N) is 2. The standard InChI is InChI=1S/C76H99IN6O26S3/c1-15-81(42(7)84)48-36-102-45(32-52(48)96-10)31-46-63-62(83(63)109-57-33-49(85)70(41(6)103-57)111-71(93)58-37(2)60(77)67(69(99-13)66(58)97-11)107-73-65(92)68(98-12)64(91)40(5)105-73)39(4)104-72(46)106-51-19-16-17-28-76(95)34-50(86)61(78-74(94)100-14)59(51)47(76)27-30-110-112-75(8,9)35-53(87)80-79-38(3)43-21-23-44(24-22-43)101-29-18-20-56(90)108-82-54(88)25-26-55(82)89/h16,19,21-24,27,39-41,45-46,48-49,51-52,57,62-65,68,70,72-73,85,91-92,95H,15,18,20,25-26,29-36H2,1-14H3,(H,78,94)(H,80,87)/b19-16-,47-27+,79-38+/t39?,40?,41?,45?,46?,48?,49?,51-,52?,57?,62?,63?,64?,65?,68?,70?,72?,73?,76-,83?/m0/s1. The smallest absolute Gasteiger partial charge is 0.411 e. The average molecular weight is 1740 g/mol. The number of alkyl carbamates (subject to hydrolysis) is 1. The molecule has 18 unspecified atom stereocenters. The van der Waals surface area contributed by atoms with Crippen molar-refractivity contribution in [3.05, 3.63) is 79.6 Å². The van der Waals surface area contributed by atoms with Gasteiger partial charge in [-0.3, -0.25) is 38.9 Å². The van der Waals surface area contributed by atoms with Crippen molar-refractivity contribution in [1.29, 1.82) is 0 Å². The van der Waals surface area contributed by atoms with Crippen molar-refractivity contribution in [3.63, 3.8) is 0 Å². The van der Waals surface area contributed by atoms with E-state index < -0.39 is 155 Å². The topological polar surface area (TPSA) is 393 Å². The second kappa shape index (κ2) is 38.5. The molecule has 20 atom stereocenters. The molecule has 8 aliphatic rings. The summed E-state index contributed by atoms with van der Waals surface area (Å²) in [6.07, 6.45) is -8.55. The van der Waals surface area contributed by atoms with Crippen LogP contribution in [0.25, 0.3) is 0 Å². The number of ketones is 1. The number of likely N-dealkylation sites (N-methyl/N-ethyl adjacent to an activating group) is 1. The molecule has 2 aromatic carbocycles. The van der Waals surface area contributed by atoms with Crippen LogP contribution in [0.5, 0.6) is 23.0 Å². The maximum Gasteiger partial charge on any atom is 0.411 e. The molecule has 0 radical (unpaired) electrons. The summed E-state index contributed by atoms with van der Waals surface area (Å²) in [5, 5.41) is 54.4. The van der Waals surface area contributed by atoms with Crippen LogP contribution in [0.2, 0.25) is 0 Å². The zero-order valence-electron chi connectivity index (χ0n) is 64.8. The summed E-state index contributed by atoms with van der Waals surface area (Å²) in [6, 6.07) is 5.66. The molecule has 6 fully saturated rings. The second-order valence-corrected chi connectivity index (χ2v) is 34.1. The van der Waals surface area contributed by atoms with E-state index in [0.29, 0.717) is 44.2 Å². The molecular weight excluding hydrogens is 1640 g/mol. The number of hydrazone groups is 1. The molecule has 0 aromatic heterocycles. The van der Waals surface area contributed by atoms with Crippen molar-refractivity contribution in [1.82, 2.24) is 25.8 Å². The predicted molar refractivity (Wildman–Crippen MR) is 415 cm³/mol. The van der Waals surface area contributed by atoms with Crippen LogP contribution in [0.4, 0.5) is 4.79 Å². The molecule has 0 saturated carbocycles. The number of imide groups is 1. The number of nitrogens with zero attached hydrogens (tertiary/aromatic N) is 4. The largest absolute Gasteiger partial charge is 0.494 e. The summed E-state index contributed by atoms with van der Waals surface area (Å²) in [6.45, 7) is 16.5. The molecule has 6 aliphatic heterocycles. The first-order chi connectivity index (χ1) is 53.3. The van der Waals surface area contributed by atoms with Gasteiger partial charge in [0, 0.05) is 87.4 Å². The number of rotatable bonds is 31. The molecule has 10 rings (SSSR count). The SMILES string of the molecule is CCN(C(C)=O)C1COC(CC2C(O[C@H]3/C=C\C#C[C@]4(O)CC(=O)C(NC(=O)OC)=C3/C4=C\CSSC(C)(C)CC(=O)N/N=C(\C)c3ccc(OCCCC(=O)ON4C(=O)CCC4=O)cc3)OC(C)C3C2N3OC2CC(O)C(SC(=O)c3c(C)c(I)c(OC4OC(C)C(O)C(OC)C4O)c(OC)c3OC)C(C)O2)CC1OC. The Morgan fingerprint density at radius 3 is 2.25 bits per heavy atom. The van der Waals surface area contributed by atoms with Crippen LogP contribution in [-0.4, -0.2) is 262 Å². The lowest BCUT2D eigenvalue weighted by Crippen LogP contribution is -2.59. The number of amides is 5. The van der Waals surface area contributed by atoms with Crippen LogP contribution >= 0.6 is 55.9 Å². The zero-order valence-corrected chi connectivity index (χ0v) is 69.4. The number of hydrogen-bond acceptors (Lipinski definition) is 31. The minimum Gasteiger partial charge on any atom is -0.494 e. The Morgan fingerprint density at radius 1 is 0.893 bits per heavy atom. The van der Waals surface area contributed by atoms with Crippen molar-refractivity contribution in [2.75, 3.05) is 61.1 Å². The Labute approximate surface area is 675 Å². The maximum atomic E-state index is 14.7. The summed E-state index contributed by atoms with van der Waals surface area (Å²) < 4.78 is 73.1. The van der Waals surface area contributed by atoms with Crippen LogP contribution in [-0.2, 0) is 76.3 Å². The normalized spacial score (nSPS) is 31.8. The Kier molecular flexibility index (Phi) is 30.2. The highest BCUT2D eigenvalue weighted by Gasteiger charge is 2.65. The van der Waals surface area contributed by atoms with Crippen molar-refractivity contribution in [2.45, 2.75) is 234 Å². The molecule has 6 saturated heterocycles. The number of aliphatic hydroxyl groups excluding tert-OH is 3. The quantitative estimate of drug-likeness (QED) is 0.00731. The number of allylic oxidation sites excluding steroid dienone is 2. The molecule has 5 amide bonds. The number of hydroxylamine groups is 4.